The number of nitrogens with zero attached hydrogens (tertiary/aromatic N) is 1. The molecule has 0 aliphatic carbocycles. The largest absolute Gasteiger partial charge is 0.396 e. The van der Waals surface area contributed by atoms with Crippen LogP contribution in [0.1, 0.15) is 39.5 Å². The maximum absolute atomic E-state index is 11.9. The van der Waals surface area contributed by atoms with Gasteiger partial charge < -0.3 is 16.2 Å². The van der Waals surface area contributed by atoms with Gasteiger partial charge in [0.2, 0.25) is 5.91 Å². The van der Waals surface area contributed by atoms with Crippen molar-refractivity contribution in [3.05, 3.63) is 0 Å². The Kier molecular flexibility index (Phi) is 6.75. The lowest BCUT2D eigenvalue weighted by Crippen LogP contribution is -2.45. The summed E-state index contributed by atoms with van der Waals surface area (Å²) in [6, 6.07) is 0.303. The predicted molar refractivity (Wildman–Crippen MR) is 76.8 cm³/mol. The van der Waals surface area contributed by atoms with Gasteiger partial charge in [-0.05, 0) is 31.1 Å². The van der Waals surface area contributed by atoms with Crippen molar-refractivity contribution in [3.8, 4) is 0 Å². The van der Waals surface area contributed by atoms with Crippen LogP contribution in [0, 0.1) is 5.41 Å². The molecule has 1 fully saturated rings. The second kappa shape index (κ2) is 7.82. The average molecular weight is 271 g/mol. The normalized spacial score (nSPS) is 18.5. The van der Waals surface area contributed by atoms with Crippen LogP contribution < -0.4 is 11.1 Å². The minimum atomic E-state index is 0.0443. The molecule has 0 atom stereocenters. The van der Waals surface area contributed by atoms with Crippen LogP contribution in [0.3, 0.4) is 0 Å². The van der Waals surface area contributed by atoms with Crippen molar-refractivity contribution >= 4 is 5.91 Å². The first-order chi connectivity index (χ1) is 8.93. The highest BCUT2D eigenvalue weighted by Gasteiger charge is 2.21. The third-order valence-corrected chi connectivity index (χ3v) is 3.78. The number of piperidine rings is 1. The summed E-state index contributed by atoms with van der Waals surface area (Å²) in [5.41, 5.74) is 5.89. The SMILES string of the molecule is CC(C)(CCCO)CNC(=O)CN1CCC(N)CC1. The Balaban J connectivity index is 2.20. The molecule has 0 spiro atoms. The standard InChI is InChI=1S/C14H29N3O2/c1-14(2,6-3-9-18)11-16-13(19)10-17-7-4-12(15)5-8-17/h12,18H,3-11,15H2,1-2H3,(H,16,19). The third kappa shape index (κ3) is 6.89. The molecule has 19 heavy (non-hydrogen) atoms. The molecule has 1 aliphatic rings. The molecular formula is C14H29N3O2. The Morgan fingerprint density at radius 3 is 2.63 bits per heavy atom. The van der Waals surface area contributed by atoms with E-state index in [0.717, 1.165) is 38.8 Å². The molecule has 1 heterocycles. The Morgan fingerprint density at radius 1 is 1.42 bits per heavy atom. The average Bonchev–Trinajstić information content (AvgIpc) is 2.37. The van der Waals surface area contributed by atoms with Gasteiger partial charge in [-0.25, -0.2) is 0 Å². The maximum atomic E-state index is 11.9. The second-order valence-corrected chi connectivity index (χ2v) is 6.38. The molecule has 1 aliphatic heterocycles. The molecular weight excluding hydrogens is 242 g/mol. The van der Waals surface area contributed by atoms with Crippen molar-refractivity contribution in [1.82, 2.24) is 10.2 Å². The highest BCUT2D eigenvalue weighted by atomic mass is 16.2. The Bertz CT molecular complexity index is 274. The number of nitrogens with two attached hydrogens (primary N) is 1. The van der Waals surface area contributed by atoms with Crippen LogP contribution in [0.25, 0.3) is 0 Å². The van der Waals surface area contributed by atoms with E-state index in [0.29, 0.717) is 19.1 Å². The summed E-state index contributed by atoms with van der Waals surface area (Å²) >= 11 is 0. The second-order valence-electron chi connectivity index (χ2n) is 6.38. The molecule has 1 amide bonds. The molecule has 0 aromatic rings. The minimum Gasteiger partial charge on any atom is -0.396 e. The highest BCUT2D eigenvalue weighted by Crippen LogP contribution is 2.20. The molecule has 112 valence electrons. The van der Waals surface area contributed by atoms with Crippen LogP contribution >= 0.6 is 0 Å². The number of aliphatic hydroxyl groups is 1. The van der Waals surface area contributed by atoms with Crippen molar-refractivity contribution in [2.24, 2.45) is 11.1 Å². The summed E-state index contributed by atoms with van der Waals surface area (Å²) in [7, 11) is 0. The van der Waals surface area contributed by atoms with Gasteiger partial charge in [0.15, 0.2) is 0 Å². The molecule has 1 saturated heterocycles. The molecule has 1 rings (SSSR count). The van der Waals surface area contributed by atoms with Crippen LogP contribution in [0.4, 0.5) is 0 Å². The van der Waals surface area contributed by atoms with E-state index in [1.807, 2.05) is 0 Å². The predicted octanol–water partition coefficient (Wildman–Crippen LogP) is 0.324. The quantitative estimate of drug-likeness (QED) is 0.623. The first-order valence-corrected chi connectivity index (χ1v) is 7.28. The van der Waals surface area contributed by atoms with Gasteiger partial charge in [0.1, 0.15) is 0 Å². The Hall–Kier alpha value is -0.650. The topological polar surface area (TPSA) is 78.6 Å². The van der Waals surface area contributed by atoms with Gasteiger partial charge in [0.25, 0.3) is 0 Å². The number of amides is 1. The monoisotopic (exact) mass is 271 g/mol. The van der Waals surface area contributed by atoms with Crippen LogP contribution in [-0.4, -0.2) is 54.7 Å². The molecule has 0 aromatic carbocycles. The van der Waals surface area contributed by atoms with Crippen molar-refractivity contribution < 1.29 is 9.90 Å². The van der Waals surface area contributed by atoms with Crippen molar-refractivity contribution in [1.29, 1.82) is 0 Å². The molecule has 0 unspecified atom stereocenters. The van der Waals surface area contributed by atoms with Gasteiger partial charge >= 0.3 is 0 Å². The summed E-state index contributed by atoms with van der Waals surface area (Å²) in [5.74, 6) is 0.0903. The number of hydrogen-bond donors (Lipinski definition) is 3. The fraction of sp³-hybridized carbons (Fsp3) is 0.929. The number of carbonyl (C=O) groups is 1. The molecule has 0 bridgehead atoms. The van der Waals surface area contributed by atoms with Crippen LogP contribution in [0.2, 0.25) is 0 Å². The van der Waals surface area contributed by atoms with Gasteiger partial charge in [-0.3, -0.25) is 9.69 Å². The van der Waals surface area contributed by atoms with Gasteiger partial charge in [0, 0.05) is 32.3 Å². The molecule has 5 heteroatoms. The van der Waals surface area contributed by atoms with Crippen LogP contribution in [0.5, 0.6) is 0 Å². The van der Waals surface area contributed by atoms with Crippen LogP contribution in [0.15, 0.2) is 0 Å². The molecule has 4 N–H and O–H groups in total. The number of hydrogen-bond acceptors (Lipinski definition) is 4. The fourth-order valence-corrected chi connectivity index (χ4v) is 2.35. The Morgan fingerprint density at radius 2 is 2.05 bits per heavy atom. The molecule has 0 saturated carbocycles. The van der Waals surface area contributed by atoms with E-state index in [1.54, 1.807) is 0 Å². The third-order valence-electron chi connectivity index (χ3n) is 3.78. The van der Waals surface area contributed by atoms with E-state index in [4.69, 9.17) is 10.8 Å². The summed E-state index contributed by atoms with van der Waals surface area (Å²) in [6.07, 6.45) is 3.67. The summed E-state index contributed by atoms with van der Waals surface area (Å²) < 4.78 is 0. The summed E-state index contributed by atoms with van der Waals surface area (Å²) in [4.78, 5) is 14.0. The molecule has 0 radical (unpaired) electrons. The van der Waals surface area contributed by atoms with E-state index >= 15 is 0 Å². The van der Waals surface area contributed by atoms with Crippen molar-refractivity contribution in [2.75, 3.05) is 32.8 Å². The van der Waals surface area contributed by atoms with Gasteiger partial charge in [-0.1, -0.05) is 13.8 Å². The van der Waals surface area contributed by atoms with Gasteiger partial charge in [-0.2, -0.15) is 0 Å². The lowest BCUT2D eigenvalue weighted by Gasteiger charge is -2.30. The zero-order valence-electron chi connectivity index (χ0n) is 12.3. The van der Waals surface area contributed by atoms with Gasteiger partial charge in [-0.15, -0.1) is 0 Å². The van der Waals surface area contributed by atoms with E-state index in [-0.39, 0.29) is 17.9 Å². The zero-order valence-corrected chi connectivity index (χ0v) is 12.3. The minimum absolute atomic E-state index is 0.0443. The van der Waals surface area contributed by atoms with E-state index in [1.165, 1.54) is 0 Å². The first kappa shape index (κ1) is 16.4. The van der Waals surface area contributed by atoms with E-state index in [9.17, 15) is 4.79 Å². The number of nitrogens with one attached hydrogen (secondary N) is 1. The smallest absolute Gasteiger partial charge is 0.234 e. The zero-order chi connectivity index (χ0) is 14.3. The number of carbonyl (C=O) groups excluding carboxylic acids is 1. The summed E-state index contributed by atoms with van der Waals surface area (Å²) in [6.45, 7) is 7.42. The highest BCUT2D eigenvalue weighted by molar-refractivity contribution is 5.78. The number of aliphatic hydroxyl groups excluding tert-OH is 1. The van der Waals surface area contributed by atoms with Crippen molar-refractivity contribution in [2.45, 2.75) is 45.6 Å². The Labute approximate surface area is 116 Å². The maximum Gasteiger partial charge on any atom is 0.234 e. The van der Waals surface area contributed by atoms with E-state index < -0.39 is 0 Å². The molecule has 0 aromatic heterocycles. The van der Waals surface area contributed by atoms with Crippen molar-refractivity contribution in [3.63, 3.8) is 0 Å². The molecule has 5 nitrogen and oxygen atoms in total. The number of likely N-dealkylation sites (tertiary alicyclic amines) is 1. The van der Waals surface area contributed by atoms with Crippen LogP contribution in [-0.2, 0) is 4.79 Å². The first-order valence-electron chi connectivity index (χ1n) is 7.28. The van der Waals surface area contributed by atoms with E-state index in [2.05, 4.69) is 24.1 Å². The number of rotatable bonds is 7. The van der Waals surface area contributed by atoms with Gasteiger partial charge in [0.05, 0.1) is 6.54 Å². The lowest BCUT2D eigenvalue weighted by molar-refractivity contribution is -0.123. The summed E-state index contributed by atoms with van der Waals surface area (Å²) in [5, 5.41) is 11.8. The fourth-order valence-electron chi connectivity index (χ4n) is 2.35. The lowest BCUT2D eigenvalue weighted by atomic mass is 9.88.